The minimum atomic E-state index is -0.231. The first-order chi connectivity index (χ1) is 15.1. The van der Waals surface area contributed by atoms with E-state index in [1.54, 1.807) is 18.2 Å². The number of nitrogens with zero attached hydrogens (tertiary/aromatic N) is 3. The molecular formula is C24H28Cl2N3NaOS. The molecule has 4 rings (SSSR count). The Morgan fingerprint density at radius 3 is 1.94 bits per heavy atom. The zero-order chi connectivity index (χ0) is 23.4. The summed E-state index contributed by atoms with van der Waals surface area (Å²) in [5, 5.41) is 20.0. The molecule has 166 valence electrons. The van der Waals surface area contributed by atoms with E-state index < -0.39 is 0 Å². The summed E-state index contributed by atoms with van der Waals surface area (Å²) < 4.78 is 1.29. The van der Waals surface area contributed by atoms with Gasteiger partial charge in [0.15, 0.2) is 0 Å². The summed E-state index contributed by atoms with van der Waals surface area (Å²) in [6, 6.07) is 16.3. The van der Waals surface area contributed by atoms with Gasteiger partial charge < -0.3 is 5.11 Å². The van der Waals surface area contributed by atoms with Crippen molar-refractivity contribution in [3.63, 3.8) is 0 Å². The third-order valence-corrected chi connectivity index (χ3v) is 5.08. The Labute approximate surface area is 227 Å². The number of benzene rings is 2. The standard InChI is InChI=1S/C18H11Cl2N3OS.3C2H6.Na/c19-12-7-4-8-13(20)17(12)15-10-25-18(21-15)23-16(24)9-14(22-23)11-5-2-1-3-6-11;3*1-2;/h1-10,24H;3*1-2H3;/q;;;;+1/p-1. The second kappa shape index (κ2) is 16.3. The monoisotopic (exact) mass is 499 g/mol. The molecule has 2 aromatic carbocycles. The van der Waals surface area contributed by atoms with Crippen LogP contribution in [-0.4, -0.2) is 14.8 Å². The van der Waals surface area contributed by atoms with Gasteiger partial charge in [-0.2, -0.15) is 5.10 Å². The quantitative estimate of drug-likeness (QED) is 0.367. The van der Waals surface area contributed by atoms with Gasteiger partial charge in [0.2, 0.25) is 5.13 Å². The number of hydrogen-bond acceptors (Lipinski definition) is 4. The first-order valence-corrected chi connectivity index (χ1v) is 12.0. The van der Waals surface area contributed by atoms with Crippen molar-refractivity contribution in [2.24, 2.45) is 0 Å². The van der Waals surface area contributed by atoms with Crippen LogP contribution < -0.4 is 34.7 Å². The molecule has 0 bridgehead atoms. The first kappa shape index (κ1) is 30.7. The summed E-state index contributed by atoms with van der Waals surface area (Å²) in [7, 11) is 0. The van der Waals surface area contributed by atoms with Crippen LogP contribution in [0.5, 0.6) is 5.88 Å². The van der Waals surface area contributed by atoms with E-state index in [2.05, 4.69) is 10.1 Å². The van der Waals surface area contributed by atoms with Gasteiger partial charge in [0.05, 0.1) is 21.4 Å². The molecule has 0 aliphatic rings. The van der Waals surface area contributed by atoms with E-state index in [9.17, 15) is 5.11 Å². The van der Waals surface area contributed by atoms with Gasteiger partial charge in [0.1, 0.15) is 0 Å². The molecule has 0 spiro atoms. The number of halogens is 2. The van der Waals surface area contributed by atoms with Crippen molar-refractivity contribution >= 4 is 34.5 Å². The fourth-order valence-corrected chi connectivity index (χ4v) is 3.83. The van der Waals surface area contributed by atoms with Gasteiger partial charge in [-0.3, -0.25) is 0 Å². The van der Waals surface area contributed by atoms with Gasteiger partial charge in [0, 0.05) is 16.5 Å². The van der Waals surface area contributed by atoms with Gasteiger partial charge >= 0.3 is 29.6 Å². The van der Waals surface area contributed by atoms with Gasteiger partial charge in [-0.15, -0.1) is 11.3 Å². The Balaban J connectivity index is 0.00000127. The third-order valence-electron chi connectivity index (χ3n) is 3.64. The van der Waals surface area contributed by atoms with E-state index in [0.717, 1.165) is 5.56 Å². The maximum atomic E-state index is 12.3. The topological polar surface area (TPSA) is 53.8 Å². The molecule has 0 saturated carbocycles. The van der Waals surface area contributed by atoms with Crippen LogP contribution in [0.25, 0.3) is 27.6 Å². The molecule has 0 radical (unpaired) electrons. The largest absolute Gasteiger partial charge is 1.00 e. The number of hydrogen-bond donors (Lipinski definition) is 0. The predicted molar refractivity (Wildman–Crippen MR) is 134 cm³/mol. The molecule has 8 heteroatoms. The van der Waals surface area contributed by atoms with E-state index in [-0.39, 0.29) is 35.4 Å². The molecule has 32 heavy (non-hydrogen) atoms. The van der Waals surface area contributed by atoms with Crippen molar-refractivity contribution in [1.82, 2.24) is 14.8 Å². The first-order valence-electron chi connectivity index (χ1n) is 10.4. The predicted octanol–water partition coefficient (Wildman–Crippen LogP) is 5.13. The molecule has 0 aliphatic carbocycles. The molecule has 0 unspecified atom stereocenters. The van der Waals surface area contributed by atoms with E-state index in [0.29, 0.717) is 32.1 Å². The second-order valence-corrected chi connectivity index (χ2v) is 6.91. The Hall–Kier alpha value is -1.34. The molecular weight excluding hydrogens is 472 g/mol. The molecule has 0 atom stereocenters. The van der Waals surface area contributed by atoms with Crippen LogP contribution in [0, 0.1) is 0 Å². The van der Waals surface area contributed by atoms with Gasteiger partial charge in [-0.1, -0.05) is 101 Å². The van der Waals surface area contributed by atoms with Gasteiger partial charge in [0.25, 0.3) is 0 Å². The average Bonchev–Trinajstić information content (AvgIpc) is 3.45. The molecule has 2 aromatic heterocycles. The zero-order valence-electron chi connectivity index (χ0n) is 19.7. The van der Waals surface area contributed by atoms with Crippen LogP contribution in [-0.2, 0) is 0 Å². The van der Waals surface area contributed by atoms with Crippen LogP contribution in [0.4, 0.5) is 0 Å². The molecule has 0 aliphatic heterocycles. The molecule has 0 saturated heterocycles. The third kappa shape index (κ3) is 7.62. The molecule has 0 amide bonds. The van der Waals surface area contributed by atoms with Crippen molar-refractivity contribution in [2.45, 2.75) is 41.5 Å². The van der Waals surface area contributed by atoms with E-state index in [1.807, 2.05) is 77.3 Å². The minimum absolute atomic E-state index is 0. The summed E-state index contributed by atoms with van der Waals surface area (Å²) >= 11 is 13.8. The summed E-state index contributed by atoms with van der Waals surface area (Å²) in [6.45, 7) is 12.0. The minimum Gasteiger partial charge on any atom is -0.858 e. The van der Waals surface area contributed by atoms with E-state index in [4.69, 9.17) is 23.2 Å². The van der Waals surface area contributed by atoms with E-state index >= 15 is 0 Å². The molecule has 0 fully saturated rings. The summed E-state index contributed by atoms with van der Waals surface area (Å²) in [4.78, 5) is 4.49. The smallest absolute Gasteiger partial charge is 0.858 e. The number of rotatable bonds is 3. The fraction of sp³-hybridized carbons (Fsp3) is 0.250. The maximum absolute atomic E-state index is 12.3. The summed E-state index contributed by atoms with van der Waals surface area (Å²) in [5.74, 6) is -0.231. The Morgan fingerprint density at radius 2 is 1.38 bits per heavy atom. The SMILES string of the molecule is CC.CC.CC.[Na+].[O-]c1cc(-c2ccccc2)nn1-c1nc(-c2c(Cl)cccc2Cl)cs1. The van der Waals surface area contributed by atoms with Crippen LogP contribution >= 0.6 is 34.5 Å². The van der Waals surface area contributed by atoms with Crippen LogP contribution in [0.1, 0.15) is 41.5 Å². The van der Waals surface area contributed by atoms with Crippen molar-refractivity contribution in [1.29, 1.82) is 0 Å². The van der Waals surface area contributed by atoms with Crippen LogP contribution in [0.2, 0.25) is 10.0 Å². The van der Waals surface area contributed by atoms with Gasteiger partial charge in [-0.05, 0) is 24.1 Å². The van der Waals surface area contributed by atoms with Crippen molar-refractivity contribution < 1.29 is 34.7 Å². The number of aromatic nitrogens is 3. The fourth-order valence-electron chi connectivity index (χ4n) is 2.47. The van der Waals surface area contributed by atoms with E-state index in [1.165, 1.54) is 22.1 Å². The van der Waals surface area contributed by atoms with Crippen molar-refractivity contribution in [2.75, 3.05) is 0 Å². The summed E-state index contributed by atoms with van der Waals surface area (Å²) in [6.07, 6.45) is 0. The van der Waals surface area contributed by atoms with Crippen LogP contribution in [0.15, 0.2) is 60.0 Å². The maximum Gasteiger partial charge on any atom is 1.00 e. The van der Waals surface area contributed by atoms with Crippen LogP contribution in [0.3, 0.4) is 0 Å². The Kier molecular flexibility index (Phi) is 15.6. The molecule has 0 N–H and O–H groups in total. The van der Waals surface area contributed by atoms with Gasteiger partial charge in [-0.25, -0.2) is 9.67 Å². The van der Waals surface area contributed by atoms with Crippen molar-refractivity contribution in [3.8, 4) is 33.5 Å². The van der Waals surface area contributed by atoms with Crippen molar-refractivity contribution in [3.05, 3.63) is 70.0 Å². The normalized spacial score (nSPS) is 9.12. The molecule has 4 aromatic rings. The Morgan fingerprint density at radius 1 is 0.812 bits per heavy atom. The second-order valence-electron chi connectivity index (χ2n) is 5.26. The molecule has 4 nitrogen and oxygen atoms in total. The Bertz CT molecular complexity index is 1030. The zero-order valence-corrected chi connectivity index (χ0v) is 24.0. The summed E-state index contributed by atoms with van der Waals surface area (Å²) in [5.41, 5.74) is 2.75. The average molecular weight is 500 g/mol. The molecule has 2 heterocycles. The number of thiazole rings is 1.